The zero-order valence-electron chi connectivity index (χ0n) is 15.6. The molecule has 2 aromatic rings. The maximum atomic E-state index is 11.8. The molecule has 0 aliphatic carbocycles. The molecular weight excluding hydrogens is 330 g/mol. The Morgan fingerprint density at radius 1 is 1.15 bits per heavy atom. The zero-order valence-corrected chi connectivity index (χ0v) is 15.6. The Balaban J connectivity index is 2.35. The van der Waals surface area contributed by atoms with Gasteiger partial charge in [0.15, 0.2) is 0 Å². The molecule has 0 saturated heterocycles. The molecule has 138 valence electrons. The highest BCUT2D eigenvalue weighted by Gasteiger charge is 2.27. The predicted molar refractivity (Wildman–Crippen MR) is 103 cm³/mol. The molecule has 0 fully saturated rings. The SMILES string of the molecule is CNC(=O)c1ccc(NC(Cc2ccccc2)C(C)(C)C)c([N+](=O)[O-])c1. The van der Waals surface area contributed by atoms with Crippen molar-refractivity contribution in [1.29, 1.82) is 0 Å². The third kappa shape index (κ3) is 4.81. The van der Waals surface area contributed by atoms with Crippen molar-refractivity contribution in [3.63, 3.8) is 0 Å². The van der Waals surface area contributed by atoms with Gasteiger partial charge in [0.2, 0.25) is 0 Å². The number of carbonyl (C=O) groups is 1. The molecule has 1 unspecified atom stereocenters. The molecule has 0 saturated carbocycles. The van der Waals surface area contributed by atoms with Gasteiger partial charge in [-0.2, -0.15) is 0 Å². The lowest BCUT2D eigenvalue weighted by molar-refractivity contribution is -0.384. The van der Waals surface area contributed by atoms with Crippen LogP contribution >= 0.6 is 0 Å². The Hall–Kier alpha value is -2.89. The summed E-state index contributed by atoms with van der Waals surface area (Å²) in [4.78, 5) is 22.8. The molecule has 1 atom stereocenters. The van der Waals surface area contributed by atoms with Crippen molar-refractivity contribution >= 4 is 17.3 Å². The van der Waals surface area contributed by atoms with Gasteiger partial charge in [-0.15, -0.1) is 0 Å². The molecular formula is C20H25N3O3. The second-order valence-electron chi connectivity index (χ2n) is 7.32. The number of hydrogen-bond donors (Lipinski definition) is 2. The molecule has 1 amide bonds. The maximum absolute atomic E-state index is 11.8. The number of hydrogen-bond acceptors (Lipinski definition) is 4. The van der Waals surface area contributed by atoms with Crippen molar-refractivity contribution in [3.05, 3.63) is 69.8 Å². The number of nitro benzene ring substituents is 1. The summed E-state index contributed by atoms with van der Waals surface area (Å²) in [7, 11) is 1.50. The lowest BCUT2D eigenvalue weighted by atomic mass is 9.82. The highest BCUT2D eigenvalue weighted by atomic mass is 16.6. The van der Waals surface area contributed by atoms with Crippen LogP contribution < -0.4 is 10.6 Å². The second-order valence-corrected chi connectivity index (χ2v) is 7.32. The van der Waals surface area contributed by atoms with Gasteiger partial charge in [0.05, 0.1) is 4.92 Å². The van der Waals surface area contributed by atoms with Gasteiger partial charge >= 0.3 is 0 Å². The fourth-order valence-corrected chi connectivity index (χ4v) is 2.70. The van der Waals surface area contributed by atoms with Gasteiger partial charge in [-0.25, -0.2) is 0 Å². The van der Waals surface area contributed by atoms with Crippen LogP contribution in [0.3, 0.4) is 0 Å². The lowest BCUT2D eigenvalue weighted by Crippen LogP contribution is -2.36. The summed E-state index contributed by atoms with van der Waals surface area (Å²) in [5, 5.41) is 17.3. The summed E-state index contributed by atoms with van der Waals surface area (Å²) in [6, 6.07) is 14.5. The number of carbonyl (C=O) groups excluding carboxylic acids is 1. The average Bonchev–Trinajstić information content (AvgIpc) is 2.60. The van der Waals surface area contributed by atoms with Crippen LogP contribution in [0, 0.1) is 15.5 Å². The van der Waals surface area contributed by atoms with Gasteiger partial charge < -0.3 is 10.6 Å². The highest BCUT2D eigenvalue weighted by Crippen LogP contribution is 2.31. The molecule has 2 rings (SSSR count). The summed E-state index contributed by atoms with van der Waals surface area (Å²) in [6.07, 6.45) is 0.735. The van der Waals surface area contributed by atoms with Crippen LogP contribution in [0.5, 0.6) is 0 Å². The van der Waals surface area contributed by atoms with Gasteiger partial charge in [-0.3, -0.25) is 14.9 Å². The standard InChI is InChI=1S/C20H25N3O3/c1-20(2,3)18(12-14-8-6-5-7-9-14)22-16-11-10-15(19(24)21-4)13-17(16)23(25)26/h5-11,13,18,22H,12H2,1-4H3,(H,21,24). The van der Waals surface area contributed by atoms with E-state index in [2.05, 4.69) is 31.4 Å². The molecule has 6 nitrogen and oxygen atoms in total. The number of nitrogens with one attached hydrogen (secondary N) is 2. The summed E-state index contributed by atoms with van der Waals surface area (Å²) in [6.45, 7) is 6.29. The van der Waals surface area contributed by atoms with Gasteiger partial charge in [-0.1, -0.05) is 51.1 Å². The highest BCUT2D eigenvalue weighted by molar-refractivity contribution is 5.95. The Morgan fingerprint density at radius 3 is 2.35 bits per heavy atom. The number of anilines is 1. The van der Waals surface area contributed by atoms with Gasteiger partial charge in [0.1, 0.15) is 5.69 Å². The molecule has 26 heavy (non-hydrogen) atoms. The van der Waals surface area contributed by atoms with E-state index in [-0.39, 0.29) is 28.6 Å². The first kappa shape index (κ1) is 19.4. The molecule has 2 aromatic carbocycles. The second kappa shape index (κ2) is 7.99. The van der Waals surface area contributed by atoms with Crippen molar-refractivity contribution in [1.82, 2.24) is 5.32 Å². The van der Waals surface area contributed by atoms with Crippen molar-refractivity contribution in [3.8, 4) is 0 Å². The van der Waals surface area contributed by atoms with Gasteiger partial charge in [-0.05, 0) is 29.5 Å². The van der Waals surface area contributed by atoms with Crippen LogP contribution in [0.2, 0.25) is 0 Å². The van der Waals surface area contributed by atoms with Crippen LogP contribution in [-0.2, 0) is 6.42 Å². The predicted octanol–water partition coefficient (Wildman–Crippen LogP) is 4.02. The lowest BCUT2D eigenvalue weighted by Gasteiger charge is -2.32. The Labute approximate surface area is 153 Å². The first-order chi connectivity index (χ1) is 12.2. The van der Waals surface area contributed by atoms with Crippen LogP contribution in [0.4, 0.5) is 11.4 Å². The molecule has 0 aliphatic rings. The Morgan fingerprint density at radius 2 is 1.81 bits per heavy atom. The van der Waals surface area contributed by atoms with E-state index in [1.807, 2.05) is 30.3 Å². The molecule has 0 heterocycles. The molecule has 0 aromatic heterocycles. The Kier molecular flexibility index (Phi) is 5.97. The van der Waals surface area contributed by atoms with Gasteiger partial charge in [0.25, 0.3) is 11.6 Å². The van der Waals surface area contributed by atoms with E-state index in [1.165, 1.54) is 13.1 Å². The van der Waals surface area contributed by atoms with E-state index in [4.69, 9.17) is 0 Å². The van der Waals surface area contributed by atoms with Crippen LogP contribution in [-0.4, -0.2) is 23.9 Å². The fourth-order valence-electron chi connectivity index (χ4n) is 2.70. The van der Waals surface area contributed by atoms with E-state index < -0.39 is 4.92 Å². The van der Waals surface area contributed by atoms with Crippen molar-refractivity contribution < 1.29 is 9.72 Å². The number of rotatable bonds is 6. The van der Waals surface area contributed by atoms with E-state index in [1.54, 1.807) is 12.1 Å². The first-order valence-corrected chi connectivity index (χ1v) is 8.53. The summed E-state index contributed by atoms with van der Waals surface area (Å²) in [5.41, 5.74) is 1.61. The van der Waals surface area contributed by atoms with Gasteiger partial charge in [0, 0.05) is 24.7 Å². The van der Waals surface area contributed by atoms with E-state index >= 15 is 0 Å². The fraction of sp³-hybridized carbons (Fsp3) is 0.350. The number of benzene rings is 2. The molecule has 0 spiro atoms. The smallest absolute Gasteiger partial charge is 0.293 e. The van der Waals surface area contributed by atoms with E-state index in [0.29, 0.717) is 5.69 Å². The Bertz CT molecular complexity index is 783. The van der Waals surface area contributed by atoms with Crippen LogP contribution in [0.1, 0.15) is 36.7 Å². The summed E-state index contributed by atoms with van der Waals surface area (Å²) in [5.74, 6) is -0.351. The molecule has 6 heteroatoms. The molecule has 0 radical (unpaired) electrons. The van der Waals surface area contributed by atoms with Crippen molar-refractivity contribution in [2.24, 2.45) is 5.41 Å². The minimum absolute atomic E-state index is 0.0190. The van der Waals surface area contributed by atoms with E-state index in [0.717, 1.165) is 12.0 Å². The summed E-state index contributed by atoms with van der Waals surface area (Å²) >= 11 is 0. The minimum Gasteiger partial charge on any atom is -0.376 e. The number of nitro groups is 1. The monoisotopic (exact) mass is 355 g/mol. The van der Waals surface area contributed by atoms with Crippen LogP contribution in [0.25, 0.3) is 0 Å². The van der Waals surface area contributed by atoms with Crippen molar-refractivity contribution in [2.75, 3.05) is 12.4 Å². The zero-order chi connectivity index (χ0) is 19.3. The topological polar surface area (TPSA) is 84.3 Å². The quantitative estimate of drug-likeness (QED) is 0.605. The van der Waals surface area contributed by atoms with Crippen molar-refractivity contribution in [2.45, 2.75) is 33.2 Å². The normalized spacial score (nSPS) is 12.3. The number of nitrogens with zero attached hydrogens (tertiary/aromatic N) is 1. The summed E-state index contributed by atoms with van der Waals surface area (Å²) < 4.78 is 0. The number of amides is 1. The average molecular weight is 355 g/mol. The van der Waals surface area contributed by atoms with E-state index in [9.17, 15) is 14.9 Å². The third-order valence-corrected chi connectivity index (χ3v) is 4.34. The molecule has 0 bridgehead atoms. The third-order valence-electron chi connectivity index (χ3n) is 4.34. The minimum atomic E-state index is -0.461. The maximum Gasteiger partial charge on any atom is 0.293 e. The first-order valence-electron chi connectivity index (χ1n) is 8.53. The molecule has 0 aliphatic heterocycles. The largest absolute Gasteiger partial charge is 0.376 e. The molecule has 2 N–H and O–H groups in total. The van der Waals surface area contributed by atoms with Crippen LogP contribution in [0.15, 0.2) is 48.5 Å².